The zero-order chi connectivity index (χ0) is 35.1. The van der Waals surface area contributed by atoms with Gasteiger partial charge in [-0.2, -0.15) is 5.26 Å². The first-order chi connectivity index (χ1) is 21.8. The van der Waals surface area contributed by atoms with E-state index in [0.29, 0.717) is 23.9 Å². The summed E-state index contributed by atoms with van der Waals surface area (Å²) >= 11 is 1.49. The summed E-state index contributed by atoms with van der Waals surface area (Å²) in [5.74, 6) is 0.461. The Morgan fingerprint density at radius 3 is 2.09 bits per heavy atom. The van der Waals surface area contributed by atoms with Crippen LogP contribution in [-0.2, 0) is 11.2 Å². The summed E-state index contributed by atoms with van der Waals surface area (Å²) in [6.45, 7) is 28.2. The highest BCUT2D eigenvalue weighted by atomic mass is 32.1. The molecule has 1 aromatic heterocycles. The molecule has 1 aliphatic heterocycles. The Morgan fingerprint density at radius 2 is 1.65 bits per heavy atom. The number of piperazine rings is 1. The number of aryl methyl sites for hydroxylation is 1. The van der Waals surface area contributed by atoms with Crippen molar-refractivity contribution in [3.63, 3.8) is 0 Å². The molecule has 0 N–H and O–H groups in total. The van der Waals surface area contributed by atoms with Crippen LogP contribution in [-0.4, -0.2) is 58.4 Å². The van der Waals surface area contributed by atoms with Gasteiger partial charge in [-0.15, -0.1) is 11.3 Å². The van der Waals surface area contributed by atoms with Gasteiger partial charge >= 0.3 is 6.09 Å². The van der Waals surface area contributed by atoms with E-state index in [1.807, 2.05) is 31.9 Å². The topological polar surface area (TPSA) is 81.8 Å². The van der Waals surface area contributed by atoms with Crippen molar-refractivity contribution in [3.8, 4) is 6.07 Å². The van der Waals surface area contributed by atoms with E-state index in [2.05, 4.69) is 90.4 Å². The van der Waals surface area contributed by atoms with Crippen molar-refractivity contribution in [3.05, 3.63) is 51.3 Å². The molecule has 260 valence electrons. The summed E-state index contributed by atoms with van der Waals surface area (Å²) in [4.78, 5) is 26.1. The van der Waals surface area contributed by atoms with Gasteiger partial charge in [0, 0.05) is 49.4 Å². The molecule has 0 saturated carbocycles. The number of aliphatic imine (C=N–C) groups is 1. The number of nitriles is 1. The molecule has 2 rings (SSSR count). The maximum Gasteiger partial charge on any atom is 0.410 e. The Hall–Kier alpha value is -2.92. The van der Waals surface area contributed by atoms with Gasteiger partial charge in [0.15, 0.2) is 0 Å². The van der Waals surface area contributed by atoms with Crippen LogP contribution in [0.5, 0.6) is 0 Å². The quantitative estimate of drug-likeness (QED) is 0.127. The molecule has 1 fully saturated rings. The van der Waals surface area contributed by atoms with Crippen LogP contribution in [0.2, 0.25) is 0 Å². The predicted molar refractivity (Wildman–Crippen MR) is 198 cm³/mol. The summed E-state index contributed by atoms with van der Waals surface area (Å²) < 4.78 is 5.54. The van der Waals surface area contributed by atoms with Gasteiger partial charge in [0.2, 0.25) is 0 Å². The number of aromatic nitrogens is 1. The van der Waals surface area contributed by atoms with Crippen molar-refractivity contribution >= 4 is 23.1 Å². The maximum absolute atomic E-state index is 12.4. The van der Waals surface area contributed by atoms with E-state index >= 15 is 0 Å². The molecule has 0 bridgehead atoms. The minimum atomic E-state index is -0.464. The van der Waals surface area contributed by atoms with Crippen LogP contribution in [0.25, 0.3) is 0 Å². The number of amides is 1. The fraction of sp³-hybridized carbons (Fsp3) is 0.684. The number of unbranched alkanes of at least 4 members (excludes halogenated alkanes) is 3. The molecule has 1 atom stereocenters. The van der Waals surface area contributed by atoms with Crippen LogP contribution in [0, 0.1) is 17.2 Å². The number of hydrogen-bond acceptors (Lipinski definition) is 7. The zero-order valence-corrected chi connectivity index (χ0v) is 32.1. The van der Waals surface area contributed by atoms with Crippen LogP contribution in [0.4, 0.5) is 4.79 Å². The molecule has 1 aliphatic rings. The van der Waals surface area contributed by atoms with E-state index < -0.39 is 5.60 Å². The van der Waals surface area contributed by atoms with Gasteiger partial charge in [0.1, 0.15) is 16.5 Å². The lowest BCUT2D eigenvalue weighted by Crippen LogP contribution is -2.49. The van der Waals surface area contributed by atoms with Crippen LogP contribution in [0.15, 0.2) is 46.4 Å². The number of carbonyl (C=O) groups is 1. The minimum Gasteiger partial charge on any atom is -0.444 e. The van der Waals surface area contributed by atoms with Gasteiger partial charge in [-0.3, -0.25) is 4.99 Å². The fourth-order valence-corrected chi connectivity index (χ4v) is 5.63. The molecule has 2 heterocycles. The van der Waals surface area contributed by atoms with Gasteiger partial charge in [-0.05, 0) is 78.7 Å². The molecule has 7 nitrogen and oxygen atoms in total. The SMILES string of the molecule is CCCCCC.CCCc1ncc(C#N)s1.C\C=C(C(/C(C)=N/C=C/CC)=C(/C)N1CCN(C(=O)OC(C)(C)C)CC1)\C(C)CC. The summed E-state index contributed by atoms with van der Waals surface area (Å²) in [7, 11) is 0. The first kappa shape index (κ1) is 43.1. The monoisotopic (exact) mass is 655 g/mol. The van der Waals surface area contributed by atoms with Gasteiger partial charge in [-0.25, -0.2) is 9.78 Å². The van der Waals surface area contributed by atoms with E-state index in [0.717, 1.165) is 49.5 Å². The molecule has 1 saturated heterocycles. The van der Waals surface area contributed by atoms with Gasteiger partial charge in [-0.1, -0.05) is 79.4 Å². The predicted octanol–water partition coefficient (Wildman–Crippen LogP) is 10.7. The third-order valence-corrected chi connectivity index (χ3v) is 8.53. The zero-order valence-electron chi connectivity index (χ0n) is 31.3. The molecule has 0 aromatic carbocycles. The van der Waals surface area contributed by atoms with Crippen molar-refractivity contribution in [2.75, 3.05) is 26.2 Å². The van der Waals surface area contributed by atoms with E-state index in [9.17, 15) is 4.79 Å². The molecule has 8 heteroatoms. The van der Waals surface area contributed by atoms with Crippen molar-refractivity contribution in [2.45, 2.75) is 140 Å². The summed E-state index contributed by atoms with van der Waals surface area (Å²) in [6.07, 6.45) is 17.3. The van der Waals surface area contributed by atoms with Crippen LogP contribution in [0.1, 0.15) is 138 Å². The summed E-state index contributed by atoms with van der Waals surface area (Å²) in [6, 6.07) is 2.06. The molecule has 1 aromatic rings. The number of rotatable bonds is 12. The number of carbonyl (C=O) groups excluding carboxylic acids is 1. The number of allylic oxidation sites excluding steroid dienone is 5. The minimum absolute atomic E-state index is 0.222. The Balaban J connectivity index is 0.00000102. The van der Waals surface area contributed by atoms with Gasteiger partial charge in [0.25, 0.3) is 0 Å². The van der Waals surface area contributed by atoms with Crippen LogP contribution < -0.4 is 0 Å². The van der Waals surface area contributed by atoms with Crippen LogP contribution >= 0.6 is 11.3 Å². The highest BCUT2D eigenvalue weighted by molar-refractivity contribution is 7.12. The second-order valence-electron chi connectivity index (χ2n) is 12.7. The van der Waals surface area contributed by atoms with Crippen molar-refractivity contribution in [1.29, 1.82) is 5.26 Å². The highest BCUT2D eigenvalue weighted by Gasteiger charge is 2.27. The summed E-state index contributed by atoms with van der Waals surface area (Å²) in [5.41, 5.74) is 4.39. The largest absolute Gasteiger partial charge is 0.444 e. The average Bonchev–Trinajstić information content (AvgIpc) is 3.49. The Kier molecular flexibility index (Phi) is 22.7. The van der Waals surface area contributed by atoms with E-state index in [4.69, 9.17) is 15.0 Å². The Morgan fingerprint density at radius 1 is 1.07 bits per heavy atom. The fourth-order valence-electron chi connectivity index (χ4n) is 4.81. The lowest BCUT2D eigenvalue weighted by molar-refractivity contribution is 0.0168. The highest BCUT2D eigenvalue weighted by Crippen LogP contribution is 2.29. The molecule has 1 amide bonds. The van der Waals surface area contributed by atoms with E-state index in [1.165, 1.54) is 53.9 Å². The average molecular weight is 656 g/mol. The molecular weight excluding hydrogens is 591 g/mol. The maximum atomic E-state index is 12.4. The smallest absolute Gasteiger partial charge is 0.410 e. The van der Waals surface area contributed by atoms with Crippen LogP contribution in [0.3, 0.4) is 0 Å². The second-order valence-corrected chi connectivity index (χ2v) is 13.8. The van der Waals surface area contributed by atoms with Crippen molar-refractivity contribution < 1.29 is 9.53 Å². The third kappa shape index (κ3) is 17.1. The number of nitrogens with zero attached hydrogens (tertiary/aromatic N) is 5. The second kappa shape index (κ2) is 24.3. The van der Waals surface area contributed by atoms with Crippen molar-refractivity contribution in [2.24, 2.45) is 10.9 Å². The van der Waals surface area contributed by atoms with E-state index in [1.54, 1.807) is 6.20 Å². The van der Waals surface area contributed by atoms with Gasteiger partial charge < -0.3 is 14.5 Å². The number of hydrogen-bond donors (Lipinski definition) is 0. The number of ether oxygens (including phenoxy) is 1. The molecule has 0 spiro atoms. The van der Waals surface area contributed by atoms with E-state index in [-0.39, 0.29) is 6.09 Å². The summed E-state index contributed by atoms with van der Waals surface area (Å²) in [5, 5.41) is 9.51. The Bertz CT molecular complexity index is 1150. The standard InChI is InChI=1S/C25H43N3O2.C7H8N2S.C6H14/c1-10-13-14-26-20(5)23(22(12-3)19(4)11-2)21(6)27-15-17-28(18-16-27)24(29)30-25(7,8)9;1-2-3-7-9-5-6(4-8)10-7;1-3-5-6-4-2/h12-14,19H,10-11,15-18H2,1-9H3;5H,2-3H2,1H3;3-6H2,1-2H3/b14-13+,22-12-,23-21-,26-20+;;. The lowest BCUT2D eigenvalue weighted by Gasteiger charge is -2.38. The lowest BCUT2D eigenvalue weighted by atomic mass is 9.87. The normalized spacial score (nSPS) is 15.3. The molecule has 1 unspecified atom stereocenters. The molecule has 0 radical (unpaired) electrons. The van der Waals surface area contributed by atoms with Gasteiger partial charge in [0.05, 0.1) is 11.2 Å². The first-order valence-corrected chi connectivity index (χ1v) is 18.3. The molecular formula is C38H65N5O2S. The number of thiazole rings is 1. The molecule has 46 heavy (non-hydrogen) atoms. The molecule has 0 aliphatic carbocycles. The Labute approximate surface area is 286 Å². The first-order valence-electron chi connectivity index (χ1n) is 17.5. The van der Waals surface area contributed by atoms with Crippen molar-refractivity contribution in [1.82, 2.24) is 14.8 Å². The third-order valence-electron chi connectivity index (χ3n) is 7.57.